The summed E-state index contributed by atoms with van der Waals surface area (Å²) >= 11 is 0. The van der Waals surface area contributed by atoms with Crippen LogP contribution in [0.2, 0.25) is 19.6 Å². The highest BCUT2D eigenvalue weighted by Crippen LogP contribution is 2.26. The summed E-state index contributed by atoms with van der Waals surface area (Å²) in [6.45, 7) is 7.94. The number of imidazole rings is 1. The summed E-state index contributed by atoms with van der Waals surface area (Å²) < 4.78 is 15.6. The van der Waals surface area contributed by atoms with Crippen LogP contribution >= 0.6 is 0 Å². The van der Waals surface area contributed by atoms with Gasteiger partial charge in [0.25, 0.3) is 0 Å². The fourth-order valence-corrected chi connectivity index (χ4v) is 3.63. The van der Waals surface area contributed by atoms with Crippen molar-refractivity contribution >= 4 is 31.2 Å². The van der Waals surface area contributed by atoms with Crippen LogP contribution in [0.5, 0.6) is 0 Å². The van der Waals surface area contributed by atoms with Gasteiger partial charge in [0, 0.05) is 5.56 Å². The van der Waals surface area contributed by atoms with Crippen molar-refractivity contribution in [2.75, 3.05) is 4.98 Å². The third-order valence-corrected chi connectivity index (χ3v) is 4.83. The maximum Gasteiger partial charge on any atom is 0.337 e. The van der Waals surface area contributed by atoms with Gasteiger partial charge in [-0.2, -0.15) is 14.4 Å². The van der Waals surface area contributed by atoms with E-state index in [9.17, 15) is 14.3 Å². The van der Waals surface area contributed by atoms with E-state index in [0.29, 0.717) is 22.6 Å². The van der Waals surface area contributed by atoms with Gasteiger partial charge in [-0.1, -0.05) is 25.6 Å². The normalized spacial score (nSPS) is 11.4. The van der Waals surface area contributed by atoms with Crippen molar-refractivity contribution in [3.63, 3.8) is 0 Å². The number of carbonyl (C=O) groups is 1. The van der Waals surface area contributed by atoms with Gasteiger partial charge >= 0.3 is 12.0 Å². The largest absolute Gasteiger partial charge is 0.478 e. The Morgan fingerprint density at radius 2 is 2.04 bits per heavy atom. The standard InChI is InChI=1S/C18H18FN5O2Si/c1-6-11-7-10(2)13(8-12(11)17(25)26)24-9-20-14-15(23-27(3,4)5)21-18(19)22-16(14)24/h1,7-9H,2-5H3,(H,25,26)(H,21,22,23). The van der Waals surface area contributed by atoms with Gasteiger partial charge in [0.1, 0.15) is 20.1 Å². The van der Waals surface area contributed by atoms with Crippen molar-refractivity contribution in [2.24, 2.45) is 0 Å². The third-order valence-electron chi connectivity index (χ3n) is 3.84. The van der Waals surface area contributed by atoms with Crippen LogP contribution < -0.4 is 4.98 Å². The van der Waals surface area contributed by atoms with Crippen LogP contribution in [0.3, 0.4) is 0 Å². The first kappa shape index (κ1) is 18.5. The van der Waals surface area contributed by atoms with Gasteiger partial charge in [-0.3, -0.25) is 4.57 Å². The van der Waals surface area contributed by atoms with Gasteiger partial charge in [0.2, 0.25) is 0 Å². The van der Waals surface area contributed by atoms with Crippen LogP contribution in [0, 0.1) is 25.3 Å². The first-order chi connectivity index (χ1) is 12.6. The molecule has 0 saturated heterocycles. The number of terminal acetylenes is 1. The number of aromatic nitrogens is 4. The zero-order valence-corrected chi connectivity index (χ0v) is 16.3. The van der Waals surface area contributed by atoms with Crippen molar-refractivity contribution < 1.29 is 14.3 Å². The van der Waals surface area contributed by atoms with Gasteiger partial charge in [0.15, 0.2) is 11.5 Å². The zero-order chi connectivity index (χ0) is 19.9. The highest BCUT2D eigenvalue weighted by atomic mass is 28.3. The Morgan fingerprint density at radius 1 is 1.33 bits per heavy atom. The quantitative estimate of drug-likeness (QED) is 0.408. The predicted octanol–water partition coefficient (Wildman–Crippen LogP) is 3.19. The van der Waals surface area contributed by atoms with E-state index in [2.05, 4.69) is 45.5 Å². The Hall–Kier alpha value is -3.25. The summed E-state index contributed by atoms with van der Waals surface area (Å²) in [5.41, 5.74) is 2.13. The second kappa shape index (κ2) is 6.48. The molecule has 0 aliphatic carbocycles. The minimum atomic E-state index is -1.81. The number of aromatic carboxylic acids is 1. The van der Waals surface area contributed by atoms with Crippen molar-refractivity contribution in [1.29, 1.82) is 0 Å². The molecule has 0 unspecified atom stereocenters. The molecule has 1 aromatic carbocycles. The number of rotatable bonds is 4. The first-order valence-corrected chi connectivity index (χ1v) is 11.6. The van der Waals surface area contributed by atoms with Crippen LogP contribution in [-0.4, -0.2) is 38.8 Å². The molecule has 3 rings (SSSR count). The molecule has 3 aromatic rings. The summed E-state index contributed by atoms with van der Waals surface area (Å²) in [5.74, 6) is 1.56. The lowest BCUT2D eigenvalue weighted by Gasteiger charge is -2.18. The van der Waals surface area contributed by atoms with Crippen LogP contribution in [-0.2, 0) is 0 Å². The number of nitrogens with one attached hydrogen (secondary N) is 1. The molecule has 0 amide bonds. The molecular weight excluding hydrogens is 365 g/mol. The Kier molecular flexibility index (Phi) is 4.45. The minimum absolute atomic E-state index is 0.0186. The molecule has 2 N–H and O–H groups in total. The molecule has 0 aliphatic heterocycles. The zero-order valence-electron chi connectivity index (χ0n) is 15.3. The van der Waals surface area contributed by atoms with E-state index in [0.717, 1.165) is 0 Å². The maximum atomic E-state index is 14.1. The van der Waals surface area contributed by atoms with E-state index in [1.54, 1.807) is 13.0 Å². The highest BCUT2D eigenvalue weighted by molar-refractivity contribution is 6.79. The molecule has 0 aliphatic rings. The van der Waals surface area contributed by atoms with E-state index in [1.165, 1.54) is 17.0 Å². The van der Waals surface area contributed by atoms with Gasteiger partial charge in [-0.15, -0.1) is 6.42 Å². The van der Waals surface area contributed by atoms with E-state index >= 15 is 0 Å². The summed E-state index contributed by atoms with van der Waals surface area (Å²) in [6.07, 6.45) is 5.99. The van der Waals surface area contributed by atoms with E-state index in [4.69, 9.17) is 6.42 Å². The van der Waals surface area contributed by atoms with E-state index in [1.807, 2.05) is 0 Å². The molecule has 0 spiro atoms. The second-order valence-corrected chi connectivity index (χ2v) is 11.9. The molecule has 27 heavy (non-hydrogen) atoms. The molecule has 0 bridgehead atoms. The number of aryl methyl sites for hydroxylation is 1. The maximum absolute atomic E-state index is 14.1. The molecule has 7 nitrogen and oxygen atoms in total. The van der Waals surface area contributed by atoms with E-state index in [-0.39, 0.29) is 16.8 Å². The predicted molar refractivity (Wildman–Crippen MR) is 103 cm³/mol. The molecule has 2 aromatic heterocycles. The average Bonchev–Trinajstić information content (AvgIpc) is 2.96. The molecule has 0 fully saturated rings. The fraction of sp³-hybridized carbons (Fsp3) is 0.222. The first-order valence-electron chi connectivity index (χ1n) is 8.14. The lowest BCUT2D eigenvalue weighted by Crippen LogP contribution is -2.33. The summed E-state index contributed by atoms with van der Waals surface area (Å²) in [4.78, 5) is 26.8. The second-order valence-electron chi connectivity index (χ2n) is 7.14. The van der Waals surface area contributed by atoms with Crippen molar-refractivity contribution in [1.82, 2.24) is 19.5 Å². The number of benzene rings is 1. The molecule has 0 atom stereocenters. The molecular formula is C18H18FN5O2Si. The molecule has 0 radical (unpaired) electrons. The Morgan fingerprint density at radius 3 is 2.63 bits per heavy atom. The number of hydrogen-bond donors (Lipinski definition) is 2. The van der Waals surface area contributed by atoms with Gasteiger partial charge in [-0.05, 0) is 24.6 Å². The van der Waals surface area contributed by atoms with Crippen molar-refractivity contribution in [3.05, 3.63) is 41.2 Å². The highest BCUT2D eigenvalue weighted by Gasteiger charge is 2.21. The average molecular weight is 383 g/mol. The lowest BCUT2D eigenvalue weighted by atomic mass is 10.0. The van der Waals surface area contributed by atoms with Gasteiger partial charge in [-0.25, -0.2) is 9.78 Å². The van der Waals surface area contributed by atoms with Crippen LogP contribution in [0.4, 0.5) is 10.2 Å². The fourth-order valence-electron chi connectivity index (χ4n) is 2.74. The Labute approximate surface area is 156 Å². The molecule has 0 saturated carbocycles. The number of carboxylic acid groups (broad SMARTS) is 1. The molecule has 2 heterocycles. The number of halogens is 1. The lowest BCUT2D eigenvalue weighted by molar-refractivity contribution is 0.0696. The topological polar surface area (TPSA) is 92.9 Å². The SMILES string of the molecule is C#Cc1cc(C)c(-n2cnc3c(N[Si](C)(C)C)nc(F)nc32)cc1C(=O)O. The van der Waals surface area contributed by atoms with Crippen LogP contribution in [0.15, 0.2) is 18.5 Å². The monoisotopic (exact) mass is 383 g/mol. The number of carboxylic acids is 1. The Balaban J connectivity index is 2.26. The molecule has 9 heteroatoms. The van der Waals surface area contributed by atoms with Gasteiger partial charge in [0.05, 0.1) is 11.3 Å². The van der Waals surface area contributed by atoms with E-state index < -0.39 is 20.3 Å². The number of fused-ring (bicyclic) bond motifs is 1. The van der Waals surface area contributed by atoms with Crippen LogP contribution in [0.1, 0.15) is 21.5 Å². The van der Waals surface area contributed by atoms with Crippen LogP contribution in [0.25, 0.3) is 16.9 Å². The summed E-state index contributed by atoms with van der Waals surface area (Å²) in [5, 5.41) is 9.43. The van der Waals surface area contributed by atoms with Crippen molar-refractivity contribution in [2.45, 2.75) is 26.6 Å². The number of nitrogens with zero attached hydrogens (tertiary/aromatic N) is 4. The summed E-state index contributed by atoms with van der Waals surface area (Å²) in [6, 6.07) is 3.04. The number of hydrogen-bond acceptors (Lipinski definition) is 5. The van der Waals surface area contributed by atoms with Crippen molar-refractivity contribution in [3.8, 4) is 18.0 Å². The summed E-state index contributed by atoms with van der Waals surface area (Å²) in [7, 11) is -1.81. The Bertz CT molecular complexity index is 1110. The third kappa shape index (κ3) is 3.52. The number of anilines is 1. The minimum Gasteiger partial charge on any atom is -0.478 e. The molecule has 138 valence electrons. The van der Waals surface area contributed by atoms with Gasteiger partial charge < -0.3 is 10.1 Å². The smallest absolute Gasteiger partial charge is 0.337 e.